The van der Waals surface area contributed by atoms with Gasteiger partial charge >= 0.3 is 6.09 Å². The van der Waals surface area contributed by atoms with Crippen molar-refractivity contribution >= 4 is 12.5 Å². The third-order valence-electron chi connectivity index (χ3n) is 1.06. The van der Waals surface area contributed by atoms with Crippen molar-refractivity contribution in [3.63, 3.8) is 0 Å². The van der Waals surface area contributed by atoms with Gasteiger partial charge < -0.3 is 4.74 Å². The molecule has 0 aliphatic rings. The predicted molar refractivity (Wildman–Crippen MR) is 44.3 cm³/mol. The van der Waals surface area contributed by atoms with Gasteiger partial charge in [0.25, 0.3) is 0 Å². The molecule has 0 atom stereocenters. The Morgan fingerprint density at radius 3 is 2.58 bits per heavy atom. The summed E-state index contributed by atoms with van der Waals surface area (Å²) in [6.45, 7) is 7.39. The first-order valence-electron chi connectivity index (χ1n) is 3.64. The maximum atomic E-state index is 10.9. The van der Waals surface area contributed by atoms with Gasteiger partial charge in [-0.05, 0) is 5.92 Å². The number of carbonyl (C=O) groups excluding carboxylic acids is 2. The van der Waals surface area contributed by atoms with Crippen LogP contribution < -0.4 is 0 Å². The fourth-order valence-corrected chi connectivity index (χ4v) is 0.473. The average Bonchev–Trinajstić information content (AvgIpc) is 2.03. The van der Waals surface area contributed by atoms with Gasteiger partial charge in [0.2, 0.25) is 6.41 Å². The van der Waals surface area contributed by atoms with E-state index in [2.05, 4.69) is 6.58 Å². The summed E-state index contributed by atoms with van der Waals surface area (Å²) < 4.78 is 4.73. The quantitative estimate of drug-likeness (QED) is 0.600. The smallest absolute Gasteiger partial charge is 0.420 e. The van der Waals surface area contributed by atoms with E-state index in [4.69, 9.17) is 4.74 Å². The minimum absolute atomic E-state index is 0.257. The lowest BCUT2D eigenvalue weighted by Gasteiger charge is -2.11. The van der Waals surface area contributed by atoms with Crippen molar-refractivity contribution < 1.29 is 14.3 Å². The minimum Gasteiger partial charge on any atom is -0.449 e. The van der Waals surface area contributed by atoms with Crippen LogP contribution >= 0.6 is 0 Å². The topological polar surface area (TPSA) is 46.6 Å². The Morgan fingerprint density at radius 2 is 2.25 bits per heavy atom. The molecule has 4 nitrogen and oxygen atoms in total. The van der Waals surface area contributed by atoms with Gasteiger partial charge in [0.1, 0.15) is 0 Å². The number of amides is 2. The Bertz CT molecular complexity index is 169. The first kappa shape index (κ1) is 10.7. The molecule has 0 bridgehead atoms. The lowest BCUT2D eigenvalue weighted by Crippen LogP contribution is -2.25. The van der Waals surface area contributed by atoms with Crippen LogP contribution in [0.1, 0.15) is 13.8 Å². The van der Waals surface area contributed by atoms with Gasteiger partial charge in [0, 0.05) is 6.20 Å². The molecule has 0 aromatic carbocycles. The molecule has 68 valence electrons. The number of hydrogen-bond acceptors (Lipinski definition) is 3. The summed E-state index contributed by atoms with van der Waals surface area (Å²) in [5.74, 6) is 0.257. The van der Waals surface area contributed by atoms with Gasteiger partial charge in [0.05, 0.1) is 6.61 Å². The Morgan fingerprint density at radius 1 is 1.67 bits per heavy atom. The number of nitrogens with zero attached hydrogens (tertiary/aromatic N) is 1. The van der Waals surface area contributed by atoms with Gasteiger partial charge in [-0.25, -0.2) is 9.69 Å². The molecule has 0 saturated carbocycles. The summed E-state index contributed by atoms with van der Waals surface area (Å²) in [6, 6.07) is 0. The molecule has 0 N–H and O–H groups in total. The molecule has 4 heteroatoms. The van der Waals surface area contributed by atoms with Gasteiger partial charge in [-0.1, -0.05) is 20.4 Å². The van der Waals surface area contributed by atoms with E-state index in [1.54, 1.807) is 0 Å². The van der Waals surface area contributed by atoms with E-state index < -0.39 is 6.09 Å². The van der Waals surface area contributed by atoms with E-state index in [9.17, 15) is 9.59 Å². The molecular formula is C8H13NO3. The molecule has 0 saturated heterocycles. The first-order valence-corrected chi connectivity index (χ1v) is 3.64. The van der Waals surface area contributed by atoms with Crippen LogP contribution in [-0.2, 0) is 9.53 Å². The highest BCUT2D eigenvalue weighted by Gasteiger charge is 2.10. The third-order valence-corrected chi connectivity index (χ3v) is 1.06. The van der Waals surface area contributed by atoms with E-state index in [1.807, 2.05) is 13.8 Å². The van der Waals surface area contributed by atoms with Crippen LogP contribution in [-0.4, -0.2) is 24.0 Å². The Labute approximate surface area is 71.8 Å². The lowest BCUT2D eigenvalue weighted by atomic mass is 10.2. The van der Waals surface area contributed by atoms with Gasteiger partial charge in [-0.2, -0.15) is 0 Å². The average molecular weight is 171 g/mol. The van der Waals surface area contributed by atoms with Crippen LogP contribution in [0.15, 0.2) is 12.8 Å². The number of rotatable bonds is 4. The minimum atomic E-state index is -0.686. The SMILES string of the molecule is C=CN(C=O)C(=O)OCC(C)C. The molecule has 0 aliphatic heterocycles. The standard InChI is InChI=1S/C8H13NO3/c1-4-9(6-10)8(11)12-5-7(2)3/h4,6-7H,1,5H2,2-3H3. The monoisotopic (exact) mass is 171 g/mol. The Balaban J connectivity index is 3.85. The summed E-state index contributed by atoms with van der Waals surface area (Å²) in [5, 5.41) is 0. The van der Waals surface area contributed by atoms with Crippen LogP contribution in [0.5, 0.6) is 0 Å². The molecule has 0 spiro atoms. The maximum Gasteiger partial charge on any atom is 0.420 e. The fraction of sp³-hybridized carbons (Fsp3) is 0.500. The molecular weight excluding hydrogens is 158 g/mol. The molecule has 12 heavy (non-hydrogen) atoms. The Hall–Kier alpha value is -1.32. The van der Waals surface area contributed by atoms with E-state index in [0.717, 1.165) is 11.1 Å². The number of ether oxygens (including phenoxy) is 1. The van der Waals surface area contributed by atoms with Crippen LogP contribution in [0.3, 0.4) is 0 Å². The molecule has 0 fully saturated rings. The number of hydrogen-bond donors (Lipinski definition) is 0. The summed E-state index contributed by atoms with van der Waals surface area (Å²) in [4.78, 5) is 21.8. The second kappa shape index (κ2) is 5.35. The fourth-order valence-electron chi connectivity index (χ4n) is 0.473. The second-order valence-corrected chi connectivity index (χ2v) is 2.67. The van der Waals surface area contributed by atoms with E-state index in [-0.39, 0.29) is 5.92 Å². The van der Waals surface area contributed by atoms with Crippen molar-refractivity contribution in [1.29, 1.82) is 0 Å². The number of carbonyl (C=O) groups is 2. The van der Waals surface area contributed by atoms with Gasteiger partial charge in [-0.3, -0.25) is 4.79 Å². The van der Waals surface area contributed by atoms with Crippen LogP contribution in [0.25, 0.3) is 0 Å². The predicted octanol–water partition coefficient (Wildman–Crippen LogP) is 1.38. The normalized spacial score (nSPS) is 9.25. The van der Waals surface area contributed by atoms with Crippen molar-refractivity contribution in [3.05, 3.63) is 12.8 Å². The van der Waals surface area contributed by atoms with Crippen molar-refractivity contribution in [3.8, 4) is 0 Å². The highest BCUT2D eigenvalue weighted by molar-refractivity contribution is 5.81. The van der Waals surface area contributed by atoms with Crippen LogP contribution in [0.4, 0.5) is 4.79 Å². The van der Waals surface area contributed by atoms with Crippen molar-refractivity contribution in [1.82, 2.24) is 4.90 Å². The highest BCUT2D eigenvalue weighted by atomic mass is 16.6. The highest BCUT2D eigenvalue weighted by Crippen LogP contribution is 1.96. The zero-order valence-electron chi connectivity index (χ0n) is 7.32. The number of imide groups is 1. The molecule has 0 aromatic rings. The maximum absolute atomic E-state index is 10.9. The van der Waals surface area contributed by atoms with Gasteiger partial charge in [0.15, 0.2) is 0 Å². The summed E-state index contributed by atoms with van der Waals surface area (Å²) >= 11 is 0. The van der Waals surface area contributed by atoms with Crippen LogP contribution in [0, 0.1) is 5.92 Å². The van der Waals surface area contributed by atoms with Crippen molar-refractivity contribution in [2.75, 3.05) is 6.61 Å². The second-order valence-electron chi connectivity index (χ2n) is 2.67. The summed E-state index contributed by atoms with van der Waals surface area (Å²) in [6.07, 6.45) is 0.777. The lowest BCUT2D eigenvalue weighted by molar-refractivity contribution is -0.114. The molecule has 0 rings (SSSR count). The first-order chi connectivity index (χ1) is 5.61. The van der Waals surface area contributed by atoms with Crippen molar-refractivity contribution in [2.24, 2.45) is 5.92 Å². The zero-order valence-corrected chi connectivity index (χ0v) is 7.32. The summed E-state index contributed by atoms with van der Waals surface area (Å²) in [7, 11) is 0. The molecule has 0 aromatic heterocycles. The van der Waals surface area contributed by atoms with Crippen LogP contribution in [0.2, 0.25) is 0 Å². The molecule has 0 aliphatic carbocycles. The Kier molecular flexibility index (Phi) is 4.76. The molecule has 0 heterocycles. The van der Waals surface area contributed by atoms with E-state index in [1.165, 1.54) is 0 Å². The molecule has 0 unspecified atom stereocenters. The molecule has 2 amide bonds. The van der Waals surface area contributed by atoms with E-state index in [0.29, 0.717) is 13.0 Å². The van der Waals surface area contributed by atoms with Crippen molar-refractivity contribution in [2.45, 2.75) is 13.8 Å². The third kappa shape index (κ3) is 3.75. The largest absolute Gasteiger partial charge is 0.449 e. The summed E-state index contributed by atoms with van der Waals surface area (Å²) in [5.41, 5.74) is 0. The van der Waals surface area contributed by atoms with E-state index >= 15 is 0 Å². The zero-order chi connectivity index (χ0) is 9.56. The van der Waals surface area contributed by atoms with Gasteiger partial charge in [-0.15, -0.1) is 0 Å². The molecule has 0 radical (unpaired) electrons.